The molecule has 1 fully saturated rings. The smallest absolute Gasteiger partial charge is 0.0628 e. The summed E-state index contributed by atoms with van der Waals surface area (Å²) in [5, 5.41) is 12.8. The molecule has 84 valence electrons. The third-order valence-electron chi connectivity index (χ3n) is 3.55. The Bertz CT molecular complexity index is 174. The molecule has 0 aromatic heterocycles. The lowest BCUT2D eigenvalue weighted by molar-refractivity contribution is 0.0961. The van der Waals surface area contributed by atoms with Crippen molar-refractivity contribution in [1.82, 2.24) is 10.2 Å². The van der Waals surface area contributed by atoms with E-state index in [2.05, 4.69) is 31.1 Å². The lowest BCUT2D eigenvalue weighted by Crippen LogP contribution is -2.57. The predicted octanol–water partition coefficient (Wildman–Crippen LogP) is 0.687. The van der Waals surface area contributed by atoms with Gasteiger partial charge in [-0.05, 0) is 46.7 Å². The van der Waals surface area contributed by atoms with Gasteiger partial charge in [-0.1, -0.05) is 0 Å². The summed E-state index contributed by atoms with van der Waals surface area (Å²) in [6, 6.07) is 0.535. The van der Waals surface area contributed by atoms with Crippen molar-refractivity contribution in [3.8, 4) is 0 Å². The fourth-order valence-electron chi connectivity index (χ4n) is 1.93. The molecule has 3 heteroatoms. The standard InChI is InChI=1S/C11H24N2O/c1-9(2)13(4)7-11(8-14,12-3)10-5-6-10/h9-10,12,14H,5-8H2,1-4H3. The highest BCUT2D eigenvalue weighted by molar-refractivity contribution is 5.02. The quantitative estimate of drug-likeness (QED) is 0.662. The van der Waals surface area contributed by atoms with Crippen LogP contribution in [0.5, 0.6) is 0 Å². The Balaban J connectivity index is 2.58. The molecular formula is C11H24N2O. The molecule has 1 atom stereocenters. The predicted molar refractivity (Wildman–Crippen MR) is 59.4 cm³/mol. The fraction of sp³-hybridized carbons (Fsp3) is 1.00. The molecule has 14 heavy (non-hydrogen) atoms. The minimum atomic E-state index is -0.0704. The van der Waals surface area contributed by atoms with E-state index in [0.29, 0.717) is 12.0 Å². The maximum atomic E-state index is 9.53. The largest absolute Gasteiger partial charge is 0.394 e. The summed E-state index contributed by atoms with van der Waals surface area (Å²) in [4.78, 5) is 2.30. The van der Waals surface area contributed by atoms with Crippen molar-refractivity contribution in [2.45, 2.75) is 38.3 Å². The molecule has 0 amide bonds. The van der Waals surface area contributed by atoms with Gasteiger partial charge in [0.25, 0.3) is 0 Å². The Morgan fingerprint density at radius 3 is 2.36 bits per heavy atom. The van der Waals surface area contributed by atoms with E-state index in [9.17, 15) is 5.11 Å². The summed E-state index contributed by atoms with van der Waals surface area (Å²) >= 11 is 0. The van der Waals surface area contributed by atoms with Crippen LogP contribution in [0.2, 0.25) is 0 Å². The van der Waals surface area contributed by atoms with Gasteiger partial charge in [-0.2, -0.15) is 0 Å². The van der Waals surface area contributed by atoms with E-state index >= 15 is 0 Å². The number of nitrogens with zero attached hydrogens (tertiary/aromatic N) is 1. The average Bonchev–Trinajstić information content (AvgIpc) is 2.97. The molecule has 0 aromatic rings. The molecule has 0 aromatic carbocycles. The van der Waals surface area contributed by atoms with Gasteiger partial charge >= 0.3 is 0 Å². The normalized spacial score (nSPS) is 21.6. The number of hydrogen-bond acceptors (Lipinski definition) is 3. The number of hydrogen-bond donors (Lipinski definition) is 2. The fourth-order valence-corrected chi connectivity index (χ4v) is 1.93. The minimum Gasteiger partial charge on any atom is -0.394 e. The monoisotopic (exact) mass is 200 g/mol. The molecule has 0 bridgehead atoms. The highest BCUT2D eigenvalue weighted by Gasteiger charge is 2.44. The van der Waals surface area contributed by atoms with Crippen molar-refractivity contribution in [1.29, 1.82) is 0 Å². The maximum absolute atomic E-state index is 9.53. The van der Waals surface area contributed by atoms with E-state index in [0.717, 1.165) is 6.54 Å². The number of rotatable bonds is 6. The SMILES string of the molecule is CNC(CO)(CN(C)C(C)C)C1CC1. The summed E-state index contributed by atoms with van der Waals surface area (Å²) in [6.07, 6.45) is 2.51. The maximum Gasteiger partial charge on any atom is 0.0628 e. The first-order chi connectivity index (χ1) is 6.55. The van der Waals surface area contributed by atoms with Crippen LogP contribution in [-0.4, -0.2) is 48.8 Å². The molecule has 1 aliphatic rings. The Kier molecular flexibility index (Phi) is 3.93. The molecular weight excluding hydrogens is 176 g/mol. The van der Waals surface area contributed by atoms with Crippen LogP contribution in [0.4, 0.5) is 0 Å². The van der Waals surface area contributed by atoms with Gasteiger partial charge < -0.3 is 15.3 Å². The van der Waals surface area contributed by atoms with Gasteiger partial charge in [0.1, 0.15) is 0 Å². The van der Waals surface area contributed by atoms with Crippen LogP contribution in [0, 0.1) is 5.92 Å². The van der Waals surface area contributed by atoms with Crippen molar-refractivity contribution >= 4 is 0 Å². The molecule has 0 radical (unpaired) electrons. The first-order valence-electron chi connectivity index (χ1n) is 5.55. The molecule has 1 unspecified atom stereocenters. The van der Waals surface area contributed by atoms with Gasteiger partial charge in [0.15, 0.2) is 0 Å². The van der Waals surface area contributed by atoms with Crippen LogP contribution in [0.1, 0.15) is 26.7 Å². The molecule has 3 nitrogen and oxygen atoms in total. The molecule has 0 heterocycles. The molecule has 2 N–H and O–H groups in total. The van der Waals surface area contributed by atoms with Crippen molar-refractivity contribution in [3.63, 3.8) is 0 Å². The van der Waals surface area contributed by atoms with E-state index in [1.54, 1.807) is 0 Å². The minimum absolute atomic E-state index is 0.0704. The highest BCUT2D eigenvalue weighted by Crippen LogP contribution is 2.39. The Morgan fingerprint density at radius 1 is 1.50 bits per heavy atom. The molecule has 0 aliphatic heterocycles. The second-order valence-corrected chi connectivity index (χ2v) is 4.85. The zero-order valence-electron chi connectivity index (χ0n) is 9.88. The van der Waals surface area contributed by atoms with Gasteiger partial charge in [0.05, 0.1) is 12.1 Å². The van der Waals surface area contributed by atoms with Gasteiger partial charge in [0.2, 0.25) is 0 Å². The van der Waals surface area contributed by atoms with Gasteiger partial charge in [-0.3, -0.25) is 0 Å². The van der Waals surface area contributed by atoms with Crippen LogP contribution in [0.25, 0.3) is 0 Å². The molecule has 1 aliphatic carbocycles. The van der Waals surface area contributed by atoms with E-state index < -0.39 is 0 Å². The summed E-state index contributed by atoms with van der Waals surface area (Å²) in [7, 11) is 4.08. The zero-order valence-corrected chi connectivity index (χ0v) is 9.88. The van der Waals surface area contributed by atoms with Crippen molar-refractivity contribution in [3.05, 3.63) is 0 Å². The van der Waals surface area contributed by atoms with E-state index in [-0.39, 0.29) is 12.1 Å². The van der Waals surface area contributed by atoms with Crippen LogP contribution < -0.4 is 5.32 Å². The summed E-state index contributed by atoms with van der Waals surface area (Å²) in [5.41, 5.74) is -0.0704. The Morgan fingerprint density at radius 2 is 2.07 bits per heavy atom. The molecule has 0 spiro atoms. The lowest BCUT2D eigenvalue weighted by atomic mass is 9.93. The summed E-state index contributed by atoms with van der Waals surface area (Å²) in [6.45, 7) is 5.54. The van der Waals surface area contributed by atoms with E-state index in [4.69, 9.17) is 0 Å². The molecule has 1 saturated carbocycles. The Labute approximate surface area is 87.5 Å². The van der Waals surface area contributed by atoms with Crippen molar-refractivity contribution < 1.29 is 5.11 Å². The van der Waals surface area contributed by atoms with Gasteiger partial charge in [0, 0.05) is 12.6 Å². The first-order valence-corrected chi connectivity index (χ1v) is 5.55. The average molecular weight is 200 g/mol. The Hall–Kier alpha value is -0.120. The number of nitrogens with one attached hydrogen (secondary N) is 1. The third kappa shape index (κ3) is 2.47. The summed E-state index contributed by atoms with van der Waals surface area (Å²) in [5.74, 6) is 0.665. The number of aliphatic hydroxyl groups excluding tert-OH is 1. The van der Waals surface area contributed by atoms with Crippen molar-refractivity contribution in [2.24, 2.45) is 5.92 Å². The van der Waals surface area contributed by atoms with Crippen LogP contribution in [0.15, 0.2) is 0 Å². The van der Waals surface area contributed by atoms with E-state index in [1.807, 2.05) is 7.05 Å². The van der Waals surface area contributed by atoms with Gasteiger partial charge in [-0.15, -0.1) is 0 Å². The zero-order chi connectivity index (χ0) is 10.8. The number of aliphatic hydroxyl groups is 1. The molecule has 1 rings (SSSR count). The lowest BCUT2D eigenvalue weighted by Gasteiger charge is -2.37. The summed E-state index contributed by atoms with van der Waals surface area (Å²) < 4.78 is 0. The third-order valence-corrected chi connectivity index (χ3v) is 3.55. The number of likely N-dealkylation sites (N-methyl/N-ethyl adjacent to an activating group) is 2. The van der Waals surface area contributed by atoms with E-state index in [1.165, 1.54) is 12.8 Å². The topological polar surface area (TPSA) is 35.5 Å². The second-order valence-electron chi connectivity index (χ2n) is 4.85. The van der Waals surface area contributed by atoms with Crippen LogP contribution in [0.3, 0.4) is 0 Å². The first kappa shape index (κ1) is 12.0. The molecule has 0 saturated heterocycles. The second kappa shape index (κ2) is 4.60. The van der Waals surface area contributed by atoms with Gasteiger partial charge in [-0.25, -0.2) is 0 Å². The van der Waals surface area contributed by atoms with Crippen molar-refractivity contribution in [2.75, 3.05) is 27.2 Å². The van der Waals surface area contributed by atoms with Crippen LogP contribution in [-0.2, 0) is 0 Å². The van der Waals surface area contributed by atoms with Crippen LogP contribution >= 0.6 is 0 Å². The highest BCUT2D eigenvalue weighted by atomic mass is 16.3.